The number of hydrogen-bond donors (Lipinski definition) is 1. The third kappa shape index (κ3) is 7.65. The average molecular weight is 631 g/mol. The minimum atomic E-state index is -4.14. The van der Waals surface area contributed by atoms with E-state index >= 15 is 0 Å². The maximum Gasteiger partial charge on any atom is 0.264 e. The lowest BCUT2D eigenvalue weighted by Crippen LogP contribution is -2.53. The lowest BCUT2D eigenvalue weighted by molar-refractivity contribution is -0.139. The Kier molecular flexibility index (Phi) is 10.6. The molecule has 0 bridgehead atoms. The summed E-state index contributed by atoms with van der Waals surface area (Å²) in [5.74, 6) is -0.864. The highest BCUT2D eigenvalue weighted by Gasteiger charge is 2.34. The summed E-state index contributed by atoms with van der Waals surface area (Å²) < 4.78 is 29.1. The summed E-state index contributed by atoms with van der Waals surface area (Å²) in [6.45, 7) is 4.78. The highest BCUT2D eigenvalue weighted by Crippen LogP contribution is 2.29. The molecule has 2 amide bonds. The summed E-state index contributed by atoms with van der Waals surface area (Å²) in [6.07, 6.45) is 5.00. The topological polar surface area (TPSA) is 86.8 Å². The van der Waals surface area contributed by atoms with Crippen LogP contribution in [0.1, 0.15) is 55.7 Å². The molecule has 7 nitrogen and oxygen atoms in total. The second-order valence-corrected chi connectivity index (χ2v) is 13.6. The molecule has 0 spiro atoms. The van der Waals surface area contributed by atoms with Crippen molar-refractivity contribution in [1.82, 2.24) is 10.2 Å². The van der Waals surface area contributed by atoms with Crippen molar-refractivity contribution in [3.8, 4) is 0 Å². The van der Waals surface area contributed by atoms with E-state index in [4.69, 9.17) is 23.2 Å². The number of anilines is 1. The second kappa shape index (κ2) is 13.9. The molecule has 1 N–H and O–H groups in total. The van der Waals surface area contributed by atoms with Gasteiger partial charge in [0.05, 0.1) is 10.6 Å². The molecule has 0 aliphatic heterocycles. The standard InChI is InChI=1S/C32H37Cl2N3O4S/c1-22-15-17-27(18-16-22)42(40,41)37(26-12-7-9-23(2)19-26)21-31(38)36(20-28-29(33)13-8-14-30(28)34)24(3)32(39)35-25-10-5-4-6-11-25/h7-9,12-19,24-25H,4-6,10-11,20-21H2,1-3H3,(H,35,39)/t24-/m1/s1. The Morgan fingerprint density at radius 2 is 1.52 bits per heavy atom. The molecule has 0 saturated heterocycles. The van der Waals surface area contributed by atoms with Crippen LogP contribution in [0.5, 0.6) is 0 Å². The number of benzene rings is 3. The zero-order chi connectivity index (χ0) is 30.4. The van der Waals surface area contributed by atoms with Crippen molar-refractivity contribution in [1.29, 1.82) is 0 Å². The van der Waals surface area contributed by atoms with E-state index < -0.39 is 28.5 Å². The van der Waals surface area contributed by atoms with Crippen molar-refractivity contribution in [3.05, 3.63) is 93.5 Å². The molecule has 0 aromatic heterocycles. The molecule has 1 saturated carbocycles. The summed E-state index contributed by atoms with van der Waals surface area (Å²) in [4.78, 5) is 29.0. The number of hydrogen-bond acceptors (Lipinski definition) is 4. The zero-order valence-corrected chi connectivity index (χ0v) is 26.5. The molecule has 10 heteroatoms. The Bertz CT molecular complexity index is 1500. The van der Waals surface area contributed by atoms with E-state index in [1.54, 1.807) is 55.5 Å². The first-order valence-corrected chi connectivity index (χ1v) is 16.4. The highest BCUT2D eigenvalue weighted by atomic mass is 35.5. The van der Waals surface area contributed by atoms with Gasteiger partial charge in [-0.2, -0.15) is 0 Å². The normalized spacial score (nSPS) is 14.7. The Morgan fingerprint density at radius 1 is 0.905 bits per heavy atom. The molecule has 0 heterocycles. The zero-order valence-electron chi connectivity index (χ0n) is 24.1. The smallest absolute Gasteiger partial charge is 0.264 e. The van der Waals surface area contributed by atoms with Gasteiger partial charge in [0, 0.05) is 28.2 Å². The number of sulfonamides is 1. The van der Waals surface area contributed by atoms with E-state index in [1.165, 1.54) is 17.0 Å². The lowest BCUT2D eigenvalue weighted by atomic mass is 9.95. The second-order valence-electron chi connectivity index (χ2n) is 10.9. The molecule has 3 aromatic rings. The summed E-state index contributed by atoms with van der Waals surface area (Å²) in [7, 11) is -4.14. The SMILES string of the molecule is Cc1ccc(S(=O)(=O)N(CC(=O)N(Cc2c(Cl)cccc2Cl)[C@H](C)C(=O)NC2CCCCC2)c2cccc(C)c2)cc1. The number of carbonyl (C=O) groups excluding carboxylic acids is 2. The molecule has 224 valence electrons. The van der Waals surface area contributed by atoms with E-state index in [2.05, 4.69) is 5.32 Å². The highest BCUT2D eigenvalue weighted by molar-refractivity contribution is 7.92. The van der Waals surface area contributed by atoms with Gasteiger partial charge >= 0.3 is 0 Å². The van der Waals surface area contributed by atoms with Gasteiger partial charge in [-0.05, 0) is 75.6 Å². The average Bonchev–Trinajstić information content (AvgIpc) is 2.96. The fourth-order valence-electron chi connectivity index (χ4n) is 5.15. The molecule has 42 heavy (non-hydrogen) atoms. The van der Waals surface area contributed by atoms with E-state index in [-0.39, 0.29) is 23.4 Å². The monoisotopic (exact) mass is 629 g/mol. The first kappa shape index (κ1) is 31.9. The van der Waals surface area contributed by atoms with Gasteiger partial charge < -0.3 is 10.2 Å². The minimum Gasteiger partial charge on any atom is -0.352 e. The van der Waals surface area contributed by atoms with Crippen LogP contribution < -0.4 is 9.62 Å². The maximum absolute atomic E-state index is 14.2. The van der Waals surface area contributed by atoms with Gasteiger partial charge in [0.1, 0.15) is 12.6 Å². The summed E-state index contributed by atoms with van der Waals surface area (Å²) >= 11 is 12.9. The van der Waals surface area contributed by atoms with Crippen LogP contribution in [0.15, 0.2) is 71.6 Å². The molecule has 0 unspecified atom stereocenters. The quantitative estimate of drug-likeness (QED) is 0.271. The maximum atomic E-state index is 14.2. The Balaban J connectivity index is 1.71. The molecule has 1 aliphatic carbocycles. The van der Waals surface area contributed by atoms with Crippen LogP contribution in [0.4, 0.5) is 5.69 Å². The molecule has 1 atom stereocenters. The number of aryl methyl sites for hydroxylation is 2. The molecular formula is C32H37Cl2N3O4S. The third-order valence-electron chi connectivity index (χ3n) is 7.69. The van der Waals surface area contributed by atoms with E-state index in [9.17, 15) is 18.0 Å². The van der Waals surface area contributed by atoms with Gasteiger partial charge in [0.2, 0.25) is 11.8 Å². The predicted octanol–water partition coefficient (Wildman–Crippen LogP) is 6.67. The van der Waals surface area contributed by atoms with Crippen LogP contribution in [0.3, 0.4) is 0 Å². The van der Waals surface area contributed by atoms with Gasteiger partial charge in [-0.3, -0.25) is 13.9 Å². The third-order valence-corrected chi connectivity index (χ3v) is 10.2. The summed E-state index contributed by atoms with van der Waals surface area (Å²) in [6, 6.07) is 17.6. The largest absolute Gasteiger partial charge is 0.352 e. The van der Waals surface area contributed by atoms with Crippen LogP contribution in [0.25, 0.3) is 0 Å². The Morgan fingerprint density at radius 3 is 2.14 bits per heavy atom. The van der Waals surface area contributed by atoms with E-state index in [1.807, 2.05) is 19.9 Å². The van der Waals surface area contributed by atoms with Crippen LogP contribution in [0, 0.1) is 13.8 Å². The number of carbonyl (C=O) groups is 2. The Labute approximate surface area is 258 Å². The summed E-state index contributed by atoms with van der Waals surface area (Å²) in [5, 5.41) is 3.79. The predicted molar refractivity (Wildman–Crippen MR) is 168 cm³/mol. The van der Waals surface area contributed by atoms with Gasteiger partial charge in [0.25, 0.3) is 10.0 Å². The van der Waals surface area contributed by atoms with Crippen LogP contribution >= 0.6 is 23.2 Å². The fraction of sp³-hybridized carbons (Fsp3) is 0.375. The van der Waals surface area contributed by atoms with Gasteiger partial charge in [-0.15, -0.1) is 0 Å². The number of nitrogens with zero attached hydrogens (tertiary/aromatic N) is 2. The van der Waals surface area contributed by atoms with Gasteiger partial charge in [-0.1, -0.05) is 78.4 Å². The van der Waals surface area contributed by atoms with Crippen LogP contribution in [0.2, 0.25) is 10.0 Å². The van der Waals surface area contributed by atoms with Gasteiger partial charge in [0.15, 0.2) is 0 Å². The molecule has 1 fully saturated rings. The van der Waals surface area contributed by atoms with Crippen molar-refractivity contribution in [2.45, 2.75) is 76.4 Å². The van der Waals surface area contributed by atoms with E-state index in [0.29, 0.717) is 21.3 Å². The van der Waals surface area contributed by atoms with Crippen molar-refractivity contribution in [2.75, 3.05) is 10.8 Å². The molecule has 0 radical (unpaired) electrons. The molecule has 1 aliphatic rings. The van der Waals surface area contributed by atoms with Crippen molar-refractivity contribution >= 4 is 50.7 Å². The van der Waals surface area contributed by atoms with Crippen LogP contribution in [-0.4, -0.2) is 43.8 Å². The number of halogens is 2. The molecule has 4 rings (SSSR count). The van der Waals surface area contributed by atoms with E-state index in [0.717, 1.165) is 47.5 Å². The molecule has 3 aromatic carbocycles. The van der Waals surface area contributed by atoms with Crippen molar-refractivity contribution in [3.63, 3.8) is 0 Å². The summed E-state index contributed by atoms with van der Waals surface area (Å²) in [5.41, 5.74) is 2.57. The molecular weight excluding hydrogens is 593 g/mol. The van der Waals surface area contributed by atoms with Crippen molar-refractivity contribution < 1.29 is 18.0 Å². The van der Waals surface area contributed by atoms with Crippen molar-refractivity contribution in [2.24, 2.45) is 0 Å². The van der Waals surface area contributed by atoms with Crippen LogP contribution in [-0.2, 0) is 26.2 Å². The first-order chi connectivity index (χ1) is 20.0. The minimum absolute atomic E-state index is 0.0419. The lowest BCUT2D eigenvalue weighted by Gasteiger charge is -2.33. The first-order valence-electron chi connectivity index (χ1n) is 14.2. The fourth-order valence-corrected chi connectivity index (χ4v) is 7.08. The number of nitrogens with one attached hydrogen (secondary N) is 1. The number of amides is 2. The Hall–Kier alpha value is -3.07. The van der Waals surface area contributed by atoms with Gasteiger partial charge in [-0.25, -0.2) is 8.42 Å². The number of rotatable bonds is 10.